The van der Waals surface area contributed by atoms with Crippen LogP contribution in [0.25, 0.3) is 0 Å². The van der Waals surface area contributed by atoms with E-state index in [1.807, 2.05) is 36.4 Å². The highest BCUT2D eigenvalue weighted by molar-refractivity contribution is 7.80. The minimum absolute atomic E-state index is 0.558. The lowest BCUT2D eigenvalue weighted by atomic mass is 10.1. The van der Waals surface area contributed by atoms with Gasteiger partial charge in [0.15, 0.2) is 5.11 Å². The molecule has 116 valence electrons. The zero-order valence-electron chi connectivity index (χ0n) is 11.7. The van der Waals surface area contributed by atoms with E-state index in [2.05, 4.69) is 10.6 Å². The van der Waals surface area contributed by atoms with Crippen molar-refractivity contribution in [1.82, 2.24) is 10.6 Å². The van der Waals surface area contributed by atoms with Crippen LogP contribution in [-0.4, -0.2) is 11.7 Å². The maximum atomic E-state index is 6.11. The normalized spacial score (nSPS) is 10.3. The Morgan fingerprint density at radius 3 is 2.27 bits per heavy atom. The van der Waals surface area contributed by atoms with E-state index in [1.54, 1.807) is 6.07 Å². The SMILES string of the molecule is S=C(NCCc1ccc(Cl)cc1)NCc1ccc(Cl)cc1Cl. The van der Waals surface area contributed by atoms with Crippen molar-refractivity contribution in [3.63, 3.8) is 0 Å². The summed E-state index contributed by atoms with van der Waals surface area (Å²) in [5.74, 6) is 0. The van der Waals surface area contributed by atoms with E-state index in [1.165, 1.54) is 5.56 Å². The van der Waals surface area contributed by atoms with Crippen LogP contribution in [0.1, 0.15) is 11.1 Å². The van der Waals surface area contributed by atoms with Gasteiger partial charge in [0.05, 0.1) is 0 Å². The molecule has 0 aliphatic rings. The Kier molecular flexibility index (Phi) is 6.77. The topological polar surface area (TPSA) is 24.1 Å². The summed E-state index contributed by atoms with van der Waals surface area (Å²) in [4.78, 5) is 0. The third-order valence-electron chi connectivity index (χ3n) is 3.07. The van der Waals surface area contributed by atoms with Crippen LogP contribution in [0.2, 0.25) is 15.1 Å². The molecule has 0 aliphatic carbocycles. The molecule has 6 heteroatoms. The number of benzene rings is 2. The summed E-state index contributed by atoms with van der Waals surface area (Å²) in [6.45, 7) is 1.31. The molecule has 0 unspecified atom stereocenters. The smallest absolute Gasteiger partial charge is 0.166 e. The van der Waals surface area contributed by atoms with Gasteiger partial charge in [0.25, 0.3) is 0 Å². The highest BCUT2D eigenvalue weighted by atomic mass is 35.5. The molecule has 0 saturated heterocycles. The second-order valence-corrected chi connectivity index (χ2v) is 6.41. The molecule has 0 aromatic heterocycles. The molecule has 2 N–H and O–H groups in total. The lowest BCUT2D eigenvalue weighted by molar-refractivity contribution is 0.815. The fraction of sp³-hybridized carbons (Fsp3) is 0.188. The first-order chi connectivity index (χ1) is 10.5. The first-order valence-corrected chi connectivity index (χ1v) is 8.29. The van der Waals surface area contributed by atoms with Crippen molar-refractivity contribution in [3.05, 3.63) is 68.7 Å². The Hall–Kier alpha value is -1.000. The van der Waals surface area contributed by atoms with Gasteiger partial charge in [0.1, 0.15) is 0 Å². The number of nitrogens with one attached hydrogen (secondary N) is 2. The molecule has 0 heterocycles. The third-order valence-corrected chi connectivity index (χ3v) is 4.19. The fourth-order valence-corrected chi connectivity index (χ4v) is 2.65. The highest BCUT2D eigenvalue weighted by Crippen LogP contribution is 2.20. The van der Waals surface area contributed by atoms with E-state index in [-0.39, 0.29) is 0 Å². The van der Waals surface area contributed by atoms with Crippen molar-refractivity contribution < 1.29 is 0 Å². The van der Waals surface area contributed by atoms with Gasteiger partial charge in [-0.3, -0.25) is 0 Å². The molecule has 2 rings (SSSR count). The predicted molar refractivity (Wildman–Crippen MR) is 99.1 cm³/mol. The van der Waals surface area contributed by atoms with Gasteiger partial charge in [-0.15, -0.1) is 0 Å². The van der Waals surface area contributed by atoms with Crippen molar-refractivity contribution in [2.24, 2.45) is 0 Å². The molecule has 22 heavy (non-hydrogen) atoms. The van der Waals surface area contributed by atoms with Crippen LogP contribution in [-0.2, 0) is 13.0 Å². The molecule has 0 atom stereocenters. The Morgan fingerprint density at radius 1 is 0.909 bits per heavy atom. The maximum Gasteiger partial charge on any atom is 0.166 e. The quantitative estimate of drug-likeness (QED) is 0.732. The van der Waals surface area contributed by atoms with Gasteiger partial charge in [0, 0.05) is 28.2 Å². The van der Waals surface area contributed by atoms with Gasteiger partial charge in [-0.05, 0) is 54.0 Å². The molecule has 2 nitrogen and oxygen atoms in total. The van der Waals surface area contributed by atoms with Crippen LogP contribution < -0.4 is 10.6 Å². The van der Waals surface area contributed by atoms with E-state index in [0.29, 0.717) is 21.7 Å². The molecule has 0 bridgehead atoms. The molecular formula is C16H15Cl3N2S. The van der Waals surface area contributed by atoms with Crippen LogP contribution in [0.4, 0.5) is 0 Å². The van der Waals surface area contributed by atoms with Crippen LogP contribution in [0.15, 0.2) is 42.5 Å². The first-order valence-electron chi connectivity index (χ1n) is 6.74. The van der Waals surface area contributed by atoms with Crippen molar-refractivity contribution in [2.45, 2.75) is 13.0 Å². The maximum absolute atomic E-state index is 6.11. The number of thiocarbonyl (C=S) groups is 1. The summed E-state index contributed by atoms with van der Waals surface area (Å²) in [6, 6.07) is 13.2. The van der Waals surface area contributed by atoms with E-state index in [9.17, 15) is 0 Å². The fourth-order valence-electron chi connectivity index (χ4n) is 1.87. The Balaban J connectivity index is 1.72. The summed E-state index contributed by atoms with van der Waals surface area (Å²) in [5, 5.41) is 8.88. The van der Waals surface area contributed by atoms with Crippen molar-refractivity contribution >= 4 is 52.1 Å². The van der Waals surface area contributed by atoms with Gasteiger partial charge in [-0.2, -0.15) is 0 Å². The van der Waals surface area contributed by atoms with Gasteiger partial charge in [-0.1, -0.05) is 53.0 Å². The summed E-state index contributed by atoms with van der Waals surface area (Å²) in [5.41, 5.74) is 2.16. The second-order valence-electron chi connectivity index (χ2n) is 4.72. The lowest BCUT2D eigenvalue weighted by Gasteiger charge is -2.11. The predicted octanol–water partition coefficient (Wildman–Crippen LogP) is 4.85. The first kappa shape index (κ1) is 17.4. The zero-order valence-corrected chi connectivity index (χ0v) is 14.8. The minimum Gasteiger partial charge on any atom is -0.362 e. The van der Waals surface area contributed by atoms with Gasteiger partial charge < -0.3 is 10.6 Å². The third kappa shape index (κ3) is 5.65. The molecule has 0 amide bonds. The van der Waals surface area contributed by atoms with Crippen molar-refractivity contribution in [2.75, 3.05) is 6.54 Å². The van der Waals surface area contributed by atoms with Gasteiger partial charge in [0.2, 0.25) is 0 Å². The van der Waals surface area contributed by atoms with Crippen LogP contribution in [0, 0.1) is 0 Å². The lowest BCUT2D eigenvalue weighted by Crippen LogP contribution is -2.35. The van der Waals surface area contributed by atoms with E-state index < -0.39 is 0 Å². The highest BCUT2D eigenvalue weighted by Gasteiger charge is 2.02. The summed E-state index contributed by atoms with van der Waals surface area (Å²) < 4.78 is 0. The molecule has 0 fully saturated rings. The van der Waals surface area contributed by atoms with Crippen LogP contribution >= 0.6 is 47.0 Å². The van der Waals surface area contributed by atoms with Crippen molar-refractivity contribution in [3.8, 4) is 0 Å². The summed E-state index contributed by atoms with van der Waals surface area (Å²) in [6.07, 6.45) is 0.876. The van der Waals surface area contributed by atoms with Gasteiger partial charge >= 0.3 is 0 Å². The number of rotatable bonds is 5. The molecule has 0 aliphatic heterocycles. The zero-order chi connectivity index (χ0) is 15.9. The van der Waals surface area contributed by atoms with Gasteiger partial charge in [-0.25, -0.2) is 0 Å². The largest absolute Gasteiger partial charge is 0.362 e. The molecule has 2 aromatic carbocycles. The molecular weight excluding hydrogens is 359 g/mol. The molecule has 0 radical (unpaired) electrons. The van der Waals surface area contributed by atoms with E-state index in [0.717, 1.165) is 23.6 Å². The molecule has 0 spiro atoms. The number of hydrogen-bond acceptors (Lipinski definition) is 1. The van der Waals surface area contributed by atoms with Crippen LogP contribution in [0.3, 0.4) is 0 Å². The minimum atomic E-state index is 0.558. The van der Waals surface area contributed by atoms with E-state index in [4.69, 9.17) is 47.0 Å². The average Bonchev–Trinajstić information content (AvgIpc) is 2.48. The summed E-state index contributed by atoms with van der Waals surface area (Å²) >= 11 is 23.1. The Morgan fingerprint density at radius 2 is 1.59 bits per heavy atom. The Labute approximate surface area is 150 Å². The average molecular weight is 374 g/mol. The van der Waals surface area contributed by atoms with Crippen molar-refractivity contribution in [1.29, 1.82) is 0 Å². The summed E-state index contributed by atoms with van der Waals surface area (Å²) in [7, 11) is 0. The van der Waals surface area contributed by atoms with E-state index >= 15 is 0 Å². The second kappa shape index (κ2) is 8.59. The monoisotopic (exact) mass is 372 g/mol. The number of halogens is 3. The standard InChI is InChI=1S/C16H15Cl3N2S/c17-13-4-1-11(2-5-13)7-8-20-16(22)21-10-12-3-6-14(18)9-15(12)19/h1-6,9H,7-8,10H2,(H2,20,21,22). The molecule has 2 aromatic rings. The van der Waals surface area contributed by atoms with Crippen LogP contribution in [0.5, 0.6) is 0 Å². The number of hydrogen-bond donors (Lipinski definition) is 2. The molecule has 0 saturated carbocycles. The Bertz CT molecular complexity index is 644.